The van der Waals surface area contributed by atoms with Crippen molar-refractivity contribution in [1.29, 1.82) is 0 Å². The summed E-state index contributed by atoms with van der Waals surface area (Å²) in [6, 6.07) is 8.44. The smallest absolute Gasteiger partial charge is 0.243 e. The number of fused-ring (bicyclic) bond motifs is 2. The van der Waals surface area contributed by atoms with E-state index in [0.29, 0.717) is 64.9 Å². The van der Waals surface area contributed by atoms with Gasteiger partial charge in [-0.05, 0) is 43.7 Å². The van der Waals surface area contributed by atoms with E-state index in [1.807, 2.05) is 18.0 Å². The molecule has 42 heavy (non-hydrogen) atoms. The quantitative estimate of drug-likeness (QED) is 0.191. The number of carbonyl (C=O) groups excluding carboxylic acids is 1. The third kappa shape index (κ3) is 5.28. The number of rotatable bonds is 7. The highest BCUT2D eigenvalue weighted by molar-refractivity contribution is 7.81. The van der Waals surface area contributed by atoms with Crippen LogP contribution in [0.25, 0.3) is 22.1 Å². The molecule has 1 saturated heterocycles. The Morgan fingerprint density at radius 2 is 2.07 bits per heavy atom. The van der Waals surface area contributed by atoms with Crippen LogP contribution in [0.1, 0.15) is 12.0 Å². The number of hydrogen-bond acceptors (Lipinski definition) is 11. The zero-order valence-electron chi connectivity index (χ0n) is 22.8. The number of carbonyl (C=O) groups is 1. The van der Waals surface area contributed by atoms with Gasteiger partial charge in [-0.3, -0.25) is 4.79 Å². The molecule has 0 radical (unpaired) electrons. The minimum Gasteiger partial charge on any atom is -0.457 e. The molecular formula is C28H27FN10O2S. The maximum Gasteiger partial charge on any atom is 0.243 e. The molecule has 2 atom stereocenters. The fraction of sp³-hybridized carbons (Fsp3) is 0.250. The Bertz CT molecular complexity index is 1830. The summed E-state index contributed by atoms with van der Waals surface area (Å²) in [5.41, 5.74) is 2.97. The minimum absolute atomic E-state index is 0.0146. The van der Waals surface area contributed by atoms with E-state index in [1.54, 1.807) is 42.1 Å². The average Bonchev–Trinajstić information content (AvgIpc) is 3.37. The fourth-order valence-corrected chi connectivity index (χ4v) is 5.09. The summed E-state index contributed by atoms with van der Waals surface area (Å²) >= 11 is 4.62. The molecule has 1 unspecified atom stereocenters. The first-order valence-corrected chi connectivity index (χ1v) is 13.7. The lowest BCUT2D eigenvalue weighted by Gasteiger charge is -2.36. The van der Waals surface area contributed by atoms with Crippen LogP contribution in [-0.4, -0.2) is 65.2 Å². The normalized spacial score (nSPS) is 16.9. The molecule has 1 aliphatic heterocycles. The van der Waals surface area contributed by atoms with Crippen molar-refractivity contribution in [2.75, 3.05) is 23.3 Å². The van der Waals surface area contributed by atoms with Crippen molar-refractivity contribution in [2.45, 2.75) is 24.6 Å². The summed E-state index contributed by atoms with van der Waals surface area (Å²) in [7, 11) is 1.81. The summed E-state index contributed by atoms with van der Waals surface area (Å²) in [5.74, 6) is 0.893. The number of nitrogens with one attached hydrogen (secondary N) is 2. The third-order valence-electron chi connectivity index (χ3n) is 7.14. The summed E-state index contributed by atoms with van der Waals surface area (Å²) in [4.78, 5) is 31.7. The second-order valence-electron chi connectivity index (χ2n) is 9.89. The zero-order valence-corrected chi connectivity index (χ0v) is 23.7. The highest BCUT2D eigenvalue weighted by Crippen LogP contribution is 2.33. The summed E-state index contributed by atoms with van der Waals surface area (Å²) < 4.78 is 23.2. The number of aromatic nitrogens is 7. The number of nitrogens with zero attached hydrogens (tertiary/aromatic N) is 8. The van der Waals surface area contributed by atoms with Gasteiger partial charge in [0.15, 0.2) is 11.6 Å². The molecule has 6 rings (SSSR count). The predicted molar refractivity (Wildman–Crippen MR) is 160 cm³/mol. The van der Waals surface area contributed by atoms with Gasteiger partial charge in [-0.1, -0.05) is 11.8 Å². The first-order chi connectivity index (χ1) is 20.3. The van der Waals surface area contributed by atoms with Crippen LogP contribution in [0.3, 0.4) is 0 Å². The van der Waals surface area contributed by atoms with E-state index in [-0.39, 0.29) is 22.9 Å². The molecule has 3 aromatic heterocycles. The molecule has 0 spiro atoms. The molecule has 2 aromatic carbocycles. The van der Waals surface area contributed by atoms with Gasteiger partial charge in [0.2, 0.25) is 11.9 Å². The van der Waals surface area contributed by atoms with E-state index in [2.05, 4.69) is 55.1 Å². The molecule has 14 heteroatoms. The van der Waals surface area contributed by atoms with Crippen LogP contribution < -0.4 is 20.3 Å². The van der Waals surface area contributed by atoms with Gasteiger partial charge in [0, 0.05) is 37.0 Å². The SMILES string of the molecule is C=CC(=O)N[C@H]1CN(c2ncc3ncnc(Nc4ccc(Oc5ccc6c(c5)nnn6C)c(C)c4F)c3n2)CCC1S. The van der Waals surface area contributed by atoms with E-state index < -0.39 is 5.82 Å². The lowest BCUT2D eigenvalue weighted by Crippen LogP contribution is -2.53. The van der Waals surface area contributed by atoms with E-state index in [4.69, 9.17) is 9.72 Å². The lowest BCUT2D eigenvalue weighted by atomic mass is 10.1. The number of piperidine rings is 1. The van der Waals surface area contributed by atoms with Crippen LogP contribution in [0.2, 0.25) is 0 Å². The number of aryl methyl sites for hydroxylation is 1. The van der Waals surface area contributed by atoms with Crippen LogP contribution in [0.5, 0.6) is 11.5 Å². The molecule has 214 valence electrons. The average molecular weight is 587 g/mol. The monoisotopic (exact) mass is 586 g/mol. The maximum absolute atomic E-state index is 15.6. The number of thiol groups is 1. The standard InChI is InChI=1S/C28H27FN10O2S/c1-4-24(40)33-20-13-39(10-9-23(20)42)28-30-12-19-26(35-28)27(32-14-31-19)34-17-6-8-22(15(2)25(17)29)41-16-5-7-21-18(11-16)36-37-38(21)3/h4-8,11-12,14,20,23,42H,1,9-10,13H2,2-3H3,(H,33,40)(H,31,32,34)/t20-,23?/m0/s1. The number of hydrogen-bond donors (Lipinski definition) is 3. The van der Waals surface area contributed by atoms with Crippen molar-refractivity contribution >= 4 is 58.1 Å². The Morgan fingerprint density at radius 3 is 2.90 bits per heavy atom. The van der Waals surface area contributed by atoms with E-state index >= 15 is 4.39 Å². The second kappa shape index (κ2) is 11.2. The fourth-order valence-electron chi connectivity index (χ4n) is 4.81. The van der Waals surface area contributed by atoms with Gasteiger partial charge in [0.05, 0.1) is 23.4 Å². The van der Waals surface area contributed by atoms with Gasteiger partial charge in [-0.25, -0.2) is 29.0 Å². The topological polar surface area (TPSA) is 136 Å². The van der Waals surface area contributed by atoms with Gasteiger partial charge in [-0.15, -0.1) is 5.10 Å². The van der Waals surface area contributed by atoms with Crippen molar-refractivity contribution in [2.24, 2.45) is 7.05 Å². The maximum atomic E-state index is 15.6. The zero-order chi connectivity index (χ0) is 29.4. The van der Waals surface area contributed by atoms with E-state index in [1.165, 1.54) is 12.4 Å². The van der Waals surface area contributed by atoms with Crippen LogP contribution in [0.15, 0.2) is 55.5 Å². The first kappa shape index (κ1) is 27.3. The van der Waals surface area contributed by atoms with Crippen LogP contribution >= 0.6 is 12.6 Å². The molecule has 1 aliphatic rings. The number of benzene rings is 2. The molecular weight excluding hydrogens is 559 g/mol. The Labute approximate surface area is 245 Å². The molecule has 12 nitrogen and oxygen atoms in total. The van der Waals surface area contributed by atoms with Gasteiger partial charge in [0.25, 0.3) is 0 Å². The van der Waals surface area contributed by atoms with Crippen molar-refractivity contribution in [3.8, 4) is 11.5 Å². The van der Waals surface area contributed by atoms with Gasteiger partial charge >= 0.3 is 0 Å². The van der Waals surface area contributed by atoms with E-state index in [9.17, 15) is 4.79 Å². The predicted octanol–water partition coefficient (Wildman–Crippen LogP) is 3.86. The lowest BCUT2D eigenvalue weighted by molar-refractivity contribution is -0.117. The molecule has 4 heterocycles. The number of halogens is 1. The Kier molecular flexibility index (Phi) is 7.29. The van der Waals surface area contributed by atoms with E-state index in [0.717, 1.165) is 5.52 Å². The summed E-state index contributed by atoms with van der Waals surface area (Å²) in [6.45, 7) is 6.27. The Morgan fingerprint density at radius 1 is 1.21 bits per heavy atom. The Balaban J connectivity index is 1.25. The first-order valence-electron chi connectivity index (χ1n) is 13.2. The molecule has 1 amide bonds. The number of ether oxygens (including phenoxy) is 1. The molecule has 0 saturated carbocycles. The summed E-state index contributed by atoms with van der Waals surface area (Å²) in [5, 5.41) is 14.1. The molecule has 1 fully saturated rings. The molecule has 2 N–H and O–H groups in total. The largest absolute Gasteiger partial charge is 0.457 e. The second-order valence-corrected chi connectivity index (χ2v) is 10.6. The number of amides is 1. The van der Waals surface area contributed by atoms with Gasteiger partial charge in [-0.2, -0.15) is 12.6 Å². The highest BCUT2D eigenvalue weighted by Gasteiger charge is 2.29. The molecule has 0 bridgehead atoms. The Hall–Kier alpha value is -4.85. The van der Waals surface area contributed by atoms with Crippen LogP contribution in [0, 0.1) is 12.7 Å². The van der Waals surface area contributed by atoms with Gasteiger partial charge < -0.3 is 20.3 Å². The molecule has 0 aliphatic carbocycles. The van der Waals surface area contributed by atoms with Crippen molar-refractivity contribution in [3.63, 3.8) is 0 Å². The van der Waals surface area contributed by atoms with Crippen molar-refractivity contribution in [1.82, 2.24) is 40.2 Å². The molecule has 5 aromatic rings. The minimum atomic E-state index is -0.495. The third-order valence-corrected chi connectivity index (χ3v) is 7.75. The van der Waals surface area contributed by atoms with Crippen molar-refractivity contribution < 1.29 is 13.9 Å². The van der Waals surface area contributed by atoms with Gasteiger partial charge in [0.1, 0.15) is 34.4 Å². The highest BCUT2D eigenvalue weighted by atomic mass is 32.1. The van der Waals surface area contributed by atoms with Crippen LogP contribution in [-0.2, 0) is 11.8 Å². The summed E-state index contributed by atoms with van der Waals surface area (Å²) in [6.07, 6.45) is 4.92. The van der Waals surface area contributed by atoms with Crippen molar-refractivity contribution in [3.05, 3.63) is 66.9 Å². The van der Waals surface area contributed by atoms with Crippen LogP contribution in [0.4, 0.5) is 21.8 Å². The number of anilines is 3.